The molecule has 5 nitrogen and oxygen atoms in total. The third kappa shape index (κ3) is 3.76. The highest BCUT2D eigenvalue weighted by Crippen LogP contribution is 2.31. The SMILES string of the molecule is O=[N+]([O-])c1ccc(OC2CCN(c3cccc(F)c3)CC2)c(Cl)c1. The molecule has 1 saturated heterocycles. The van der Waals surface area contributed by atoms with Gasteiger partial charge in [-0.25, -0.2) is 4.39 Å². The van der Waals surface area contributed by atoms with Gasteiger partial charge >= 0.3 is 0 Å². The summed E-state index contributed by atoms with van der Waals surface area (Å²) in [7, 11) is 0. The third-order valence-electron chi connectivity index (χ3n) is 4.04. The summed E-state index contributed by atoms with van der Waals surface area (Å²) in [6.07, 6.45) is 1.52. The van der Waals surface area contributed by atoms with E-state index in [9.17, 15) is 14.5 Å². The lowest BCUT2D eigenvalue weighted by Gasteiger charge is -2.33. The summed E-state index contributed by atoms with van der Waals surface area (Å²) < 4.78 is 19.2. The smallest absolute Gasteiger partial charge is 0.271 e. The summed E-state index contributed by atoms with van der Waals surface area (Å²) in [4.78, 5) is 12.3. The van der Waals surface area contributed by atoms with Gasteiger partial charge in [-0.3, -0.25) is 10.1 Å². The highest BCUT2D eigenvalue weighted by Gasteiger charge is 2.22. The van der Waals surface area contributed by atoms with Gasteiger partial charge in [-0.05, 0) is 24.3 Å². The quantitative estimate of drug-likeness (QED) is 0.604. The van der Waals surface area contributed by atoms with Gasteiger partial charge in [0.05, 0.1) is 9.95 Å². The molecule has 1 fully saturated rings. The zero-order valence-corrected chi connectivity index (χ0v) is 13.6. The summed E-state index contributed by atoms with van der Waals surface area (Å²) in [5.41, 5.74) is 0.801. The van der Waals surface area contributed by atoms with E-state index < -0.39 is 4.92 Å². The fourth-order valence-electron chi connectivity index (χ4n) is 2.78. The van der Waals surface area contributed by atoms with E-state index >= 15 is 0 Å². The van der Waals surface area contributed by atoms with Crippen LogP contribution in [-0.4, -0.2) is 24.1 Å². The van der Waals surface area contributed by atoms with Crippen molar-refractivity contribution in [3.63, 3.8) is 0 Å². The first kappa shape index (κ1) is 16.5. The molecule has 0 saturated carbocycles. The van der Waals surface area contributed by atoms with Crippen LogP contribution in [-0.2, 0) is 0 Å². The summed E-state index contributed by atoms with van der Waals surface area (Å²) in [6, 6.07) is 10.7. The van der Waals surface area contributed by atoms with Crippen LogP contribution in [0.25, 0.3) is 0 Å². The number of anilines is 1. The van der Waals surface area contributed by atoms with E-state index in [1.54, 1.807) is 6.07 Å². The van der Waals surface area contributed by atoms with Crippen molar-refractivity contribution < 1.29 is 14.1 Å². The van der Waals surface area contributed by atoms with Crippen LogP contribution < -0.4 is 9.64 Å². The second kappa shape index (κ2) is 7.05. The molecule has 0 spiro atoms. The molecule has 3 rings (SSSR count). The van der Waals surface area contributed by atoms with Crippen molar-refractivity contribution in [3.05, 3.63) is 63.4 Å². The van der Waals surface area contributed by atoms with Crippen molar-refractivity contribution in [2.24, 2.45) is 0 Å². The molecule has 0 atom stereocenters. The highest BCUT2D eigenvalue weighted by atomic mass is 35.5. The van der Waals surface area contributed by atoms with Crippen molar-refractivity contribution in [1.29, 1.82) is 0 Å². The molecule has 1 aliphatic rings. The Morgan fingerprint density at radius 3 is 2.58 bits per heavy atom. The molecule has 0 amide bonds. The number of rotatable bonds is 4. The Morgan fingerprint density at radius 2 is 1.96 bits per heavy atom. The second-order valence-electron chi connectivity index (χ2n) is 5.66. The first-order valence-corrected chi connectivity index (χ1v) is 8.02. The normalized spacial score (nSPS) is 15.3. The fraction of sp³-hybridized carbons (Fsp3) is 0.294. The lowest BCUT2D eigenvalue weighted by Crippen LogP contribution is -2.38. The number of nitro groups is 1. The predicted octanol–water partition coefficient (Wildman–Crippen LogP) is 4.44. The van der Waals surface area contributed by atoms with E-state index in [0.29, 0.717) is 5.75 Å². The maximum atomic E-state index is 13.3. The molecule has 1 aliphatic heterocycles. The topological polar surface area (TPSA) is 55.6 Å². The summed E-state index contributed by atoms with van der Waals surface area (Å²) in [5, 5.41) is 11.0. The van der Waals surface area contributed by atoms with Gasteiger partial charge in [-0.2, -0.15) is 0 Å². The first-order valence-electron chi connectivity index (χ1n) is 7.64. The predicted molar refractivity (Wildman–Crippen MR) is 90.4 cm³/mol. The maximum absolute atomic E-state index is 13.3. The number of nitrogens with zero attached hydrogens (tertiary/aromatic N) is 2. The Balaban J connectivity index is 1.60. The first-order chi connectivity index (χ1) is 11.5. The molecular weight excluding hydrogens is 335 g/mol. The van der Waals surface area contributed by atoms with Gasteiger partial charge in [0.2, 0.25) is 0 Å². The van der Waals surface area contributed by atoms with Gasteiger partial charge < -0.3 is 9.64 Å². The zero-order chi connectivity index (χ0) is 17.1. The minimum absolute atomic E-state index is 0.0197. The van der Waals surface area contributed by atoms with Gasteiger partial charge in [0.15, 0.2) is 0 Å². The van der Waals surface area contributed by atoms with Crippen LogP contribution in [0.2, 0.25) is 5.02 Å². The molecule has 0 N–H and O–H groups in total. The number of ether oxygens (including phenoxy) is 1. The molecule has 2 aromatic rings. The molecule has 0 aromatic heterocycles. The van der Waals surface area contributed by atoms with Crippen LogP contribution in [0.4, 0.5) is 15.8 Å². The van der Waals surface area contributed by atoms with E-state index in [2.05, 4.69) is 4.90 Å². The minimum atomic E-state index is -0.493. The summed E-state index contributed by atoms with van der Waals surface area (Å²) in [5.74, 6) is 0.204. The summed E-state index contributed by atoms with van der Waals surface area (Å²) in [6.45, 7) is 1.50. The Bertz CT molecular complexity index is 748. The second-order valence-corrected chi connectivity index (χ2v) is 6.06. The number of hydrogen-bond acceptors (Lipinski definition) is 4. The van der Waals surface area contributed by atoms with Crippen molar-refractivity contribution in [2.45, 2.75) is 18.9 Å². The average Bonchev–Trinajstić information content (AvgIpc) is 2.57. The molecule has 7 heteroatoms. The van der Waals surface area contributed by atoms with Crippen LogP contribution in [0, 0.1) is 15.9 Å². The largest absolute Gasteiger partial charge is 0.489 e. The number of hydrogen-bond donors (Lipinski definition) is 0. The van der Waals surface area contributed by atoms with E-state index in [1.807, 2.05) is 6.07 Å². The van der Waals surface area contributed by atoms with Crippen molar-refractivity contribution in [3.8, 4) is 5.75 Å². The molecule has 24 heavy (non-hydrogen) atoms. The van der Waals surface area contributed by atoms with Gasteiger partial charge in [0.1, 0.15) is 17.7 Å². The number of halogens is 2. The maximum Gasteiger partial charge on any atom is 0.271 e. The molecule has 0 unspecified atom stereocenters. The molecular formula is C17H16ClFN2O3. The van der Waals surface area contributed by atoms with Crippen LogP contribution in [0.1, 0.15) is 12.8 Å². The lowest BCUT2D eigenvalue weighted by atomic mass is 10.1. The minimum Gasteiger partial charge on any atom is -0.489 e. The number of non-ortho nitro benzene ring substituents is 1. The number of piperidine rings is 1. The molecule has 2 aromatic carbocycles. The standard InChI is InChI=1S/C17H16ClFN2O3/c18-16-11-14(21(22)23)4-5-17(16)24-15-6-8-20(9-7-15)13-3-1-2-12(19)10-13/h1-5,10-11,15H,6-9H2. The van der Waals surface area contributed by atoms with E-state index in [0.717, 1.165) is 31.6 Å². The zero-order valence-electron chi connectivity index (χ0n) is 12.8. The Labute approximate surface area is 143 Å². The fourth-order valence-corrected chi connectivity index (χ4v) is 3.00. The Hall–Kier alpha value is -2.34. The van der Waals surface area contributed by atoms with E-state index in [4.69, 9.17) is 16.3 Å². The van der Waals surface area contributed by atoms with Crippen LogP contribution in [0.3, 0.4) is 0 Å². The summed E-state index contributed by atoms with van der Waals surface area (Å²) >= 11 is 6.05. The molecule has 126 valence electrons. The molecule has 1 heterocycles. The van der Waals surface area contributed by atoms with E-state index in [-0.39, 0.29) is 22.6 Å². The van der Waals surface area contributed by atoms with Crippen molar-refractivity contribution >= 4 is 23.0 Å². The van der Waals surface area contributed by atoms with Crippen LogP contribution in [0.5, 0.6) is 5.75 Å². The van der Waals surface area contributed by atoms with Gasteiger partial charge in [-0.15, -0.1) is 0 Å². The van der Waals surface area contributed by atoms with Gasteiger partial charge in [-0.1, -0.05) is 17.7 Å². The van der Waals surface area contributed by atoms with Crippen LogP contribution >= 0.6 is 11.6 Å². The Morgan fingerprint density at radius 1 is 1.21 bits per heavy atom. The molecule has 0 radical (unpaired) electrons. The van der Waals surface area contributed by atoms with Crippen molar-refractivity contribution in [2.75, 3.05) is 18.0 Å². The molecule has 0 aliphatic carbocycles. The third-order valence-corrected chi connectivity index (χ3v) is 4.33. The highest BCUT2D eigenvalue weighted by molar-refractivity contribution is 6.32. The lowest BCUT2D eigenvalue weighted by molar-refractivity contribution is -0.384. The monoisotopic (exact) mass is 350 g/mol. The van der Waals surface area contributed by atoms with Crippen LogP contribution in [0.15, 0.2) is 42.5 Å². The number of nitro benzene ring substituents is 1. The van der Waals surface area contributed by atoms with E-state index in [1.165, 1.54) is 30.3 Å². The Kier molecular flexibility index (Phi) is 4.85. The van der Waals surface area contributed by atoms with Gasteiger partial charge in [0.25, 0.3) is 5.69 Å². The van der Waals surface area contributed by atoms with Crippen molar-refractivity contribution in [1.82, 2.24) is 0 Å². The average molecular weight is 351 g/mol. The van der Waals surface area contributed by atoms with Gasteiger partial charge in [0, 0.05) is 43.8 Å². The number of benzene rings is 2. The molecule has 0 bridgehead atoms.